The fourth-order valence-corrected chi connectivity index (χ4v) is 1.51. The van der Waals surface area contributed by atoms with E-state index in [1.54, 1.807) is 6.20 Å². The van der Waals surface area contributed by atoms with Crippen LogP contribution in [0.2, 0.25) is 0 Å². The Morgan fingerprint density at radius 2 is 2.46 bits per heavy atom. The number of aromatic nitrogens is 1. The molecule has 1 atom stereocenters. The molecular weight excluding hydrogens is 188 g/mol. The third-order valence-corrected chi connectivity index (χ3v) is 2.19. The molecule has 0 bridgehead atoms. The van der Waals surface area contributed by atoms with Crippen LogP contribution in [0.15, 0.2) is 18.3 Å². The van der Waals surface area contributed by atoms with Crippen LogP contribution in [0.25, 0.3) is 0 Å². The maximum Gasteiger partial charge on any atom is 0.141 e. The summed E-state index contributed by atoms with van der Waals surface area (Å²) < 4.78 is 5.44. The standard InChI is InChI=1S/C9H12N2O.ClH/c10-6-7-3-5-12-8-2-1-4-11-9(7)8;/h1-2,4,7H,3,5-6,10H2;1H. The van der Waals surface area contributed by atoms with Gasteiger partial charge in [0.1, 0.15) is 5.75 Å². The zero-order valence-corrected chi connectivity index (χ0v) is 8.09. The molecule has 0 saturated heterocycles. The van der Waals surface area contributed by atoms with E-state index in [0.29, 0.717) is 12.5 Å². The number of hydrogen-bond acceptors (Lipinski definition) is 3. The van der Waals surface area contributed by atoms with Gasteiger partial charge in [-0.15, -0.1) is 12.4 Å². The highest BCUT2D eigenvalue weighted by atomic mass is 35.5. The second-order valence-corrected chi connectivity index (χ2v) is 2.96. The number of rotatable bonds is 1. The molecule has 4 heteroatoms. The van der Waals surface area contributed by atoms with Crippen molar-refractivity contribution in [2.75, 3.05) is 13.2 Å². The minimum absolute atomic E-state index is 0. The highest BCUT2D eigenvalue weighted by Gasteiger charge is 2.20. The van der Waals surface area contributed by atoms with Crippen LogP contribution in [0.4, 0.5) is 0 Å². The number of pyridine rings is 1. The minimum Gasteiger partial charge on any atom is -0.492 e. The molecule has 2 heterocycles. The van der Waals surface area contributed by atoms with Crippen LogP contribution in [0.1, 0.15) is 18.0 Å². The van der Waals surface area contributed by atoms with Crippen molar-refractivity contribution in [1.29, 1.82) is 0 Å². The largest absolute Gasteiger partial charge is 0.492 e. The zero-order valence-electron chi connectivity index (χ0n) is 7.27. The van der Waals surface area contributed by atoms with Crippen LogP contribution in [0, 0.1) is 0 Å². The Kier molecular flexibility index (Phi) is 3.51. The molecule has 0 fully saturated rings. The lowest BCUT2D eigenvalue weighted by Gasteiger charge is -2.23. The van der Waals surface area contributed by atoms with Gasteiger partial charge in [-0.1, -0.05) is 0 Å². The van der Waals surface area contributed by atoms with E-state index in [0.717, 1.165) is 24.5 Å². The summed E-state index contributed by atoms with van der Waals surface area (Å²) in [5.74, 6) is 1.29. The van der Waals surface area contributed by atoms with Gasteiger partial charge in [0, 0.05) is 18.7 Å². The minimum atomic E-state index is 0. The van der Waals surface area contributed by atoms with Gasteiger partial charge in [-0.3, -0.25) is 4.98 Å². The lowest BCUT2D eigenvalue weighted by Crippen LogP contribution is -2.21. The van der Waals surface area contributed by atoms with E-state index < -0.39 is 0 Å². The molecule has 2 N–H and O–H groups in total. The molecule has 0 aliphatic carbocycles. The van der Waals surface area contributed by atoms with Crippen LogP contribution < -0.4 is 10.5 Å². The molecular formula is C9H13ClN2O. The molecule has 0 aromatic carbocycles. The zero-order chi connectivity index (χ0) is 8.39. The average Bonchev–Trinajstić information content (AvgIpc) is 2.17. The van der Waals surface area contributed by atoms with Gasteiger partial charge in [-0.05, 0) is 18.6 Å². The fraction of sp³-hybridized carbons (Fsp3) is 0.444. The summed E-state index contributed by atoms with van der Waals surface area (Å²) >= 11 is 0. The van der Waals surface area contributed by atoms with Crippen LogP contribution in [0.3, 0.4) is 0 Å². The van der Waals surface area contributed by atoms with Crippen molar-refractivity contribution in [3.63, 3.8) is 0 Å². The molecule has 0 amide bonds. The van der Waals surface area contributed by atoms with Crippen molar-refractivity contribution in [1.82, 2.24) is 4.98 Å². The van der Waals surface area contributed by atoms with Gasteiger partial charge in [0.25, 0.3) is 0 Å². The molecule has 1 aromatic heterocycles. The summed E-state index contributed by atoms with van der Waals surface area (Å²) in [7, 11) is 0. The molecule has 0 spiro atoms. The molecule has 3 nitrogen and oxygen atoms in total. The molecule has 1 aromatic rings. The van der Waals surface area contributed by atoms with Crippen molar-refractivity contribution in [2.45, 2.75) is 12.3 Å². The Balaban J connectivity index is 0.000000845. The quantitative estimate of drug-likeness (QED) is 0.744. The van der Waals surface area contributed by atoms with Gasteiger partial charge < -0.3 is 10.5 Å². The van der Waals surface area contributed by atoms with E-state index in [1.165, 1.54) is 0 Å². The first-order valence-electron chi connectivity index (χ1n) is 4.19. The van der Waals surface area contributed by atoms with Crippen LogP contribution in [0.5, 0.6) is 5.75 Å². The first kappa shape index (κ1) is 10.3. The maximum atomic E-state index is 5.62. The van der Waals surface area contributed by atoms with Gasteiger partial charge in [0.15, 0.2) is 0 Å². The summed E-state index contributed by atoms with van der Waals surface area (Å²) in [5, 5.41) is 0. The smallest absolute Gasteiger partial charge is 0.141 e. The number of nitrogens with two attached hydrogens (primary N) is 1. The topological polar surface area (TPSA) is 48.1 Å². The van der Waals surface area contributed by atoms with Gasteiger partial charge in [0.2, 0.25) is 0 Å². The number of halogens is 1. The van der Waals surface area contributed by atoms with E-state index in [2.05, 4.69) is 4.98 Å². The van der Waals surface area contributed by atoms with E-state index in [1.807, 2.05) is 12.1 Å². The predicted octanol–water partition coefficient (Wildman–Crippen LogP) is 1.33. The van der Waals surface area contributed by atoms with Crippen LogP contribution in [-0.2, 0) is 0 Å². The van der Waals surface area contributed by atoms with Crippen molar-refractivity contribution >= 4 is 12.4 Å². The number of fused-ring (bicyclic) bond motifs is 1. The van der Waals surface area contributed by atoms with Crippen molar-refractivity contribution in [2.24, 2.45) is 5.73 Å². The lowest BCUT2D eigenvalue weighted by atomic mass is 9.99. The number of hydrogen-bond donors (Lipinski definition) is 1. The average molecular weight is 201 g/mol. The summed E-state index contributed by atoms with van der Waals surface area (Å²) in [6.45, 7) is 1.42. The first-order valence-corrected chi connectivity index (χ1v) is 4.19. The Bertz CT molecular complexity index is 280. The van der Waals surface area contributed by atoms with Gasteiger partial charge in [-0.25, -0.2) is 0 Å². The fourth-order valence-electron chi connectivity index (χ4n) is 1.51. The third kappa shape index (κ3) is 1.92. The monoisotopic (exact) mass is 200 g/mol. The summed E-state index contributed by atoms with van der Waals surface area (Å²) in [4.78, 5) is 4.27. The maximum absolute atomic E-state index is 5.62. The second kappa shape index (κ2) is 4.44. The van der Waals surface area contributed by atoms with Crippen molar-refractivity contribution in [3.05, 3.63) is 24.0 Å². The number of ether oxygens (including phenoxy) is 1. The predicted molar refractivity (Wildman–Crippen MR) is 53.4 cm³/mol. The summed E-state index contributed by atoms with van der Waals surface area (Å²) in [6.07, 6.45) is 2.77. The van der Waals surface area contributed by atoms with Gasteiger partial charge in [-0.2, -0.15) is 0 Å². The molecule has 1 aliphatic heterocycles. The van der Waals surface area contributed by atoms with E-state index in [-0.39, 0.29) is 12.4 Å². The summed E-state index contributed by atoms with van der Waals surface area (Å²) in [6, 6.07) is 3.84. The second-order valence-electron chi connectivity index (χ2n) is 2.96. The molecule has 1 unspecified atom stereocenters. The number of nitrogens with zero attached hydrogens (tertiary/aromatic N) is 1. The molecule has 1 aliphatic rings. The summed E-state index contributed by atoms with van der Waals surface area (Å²) in [5.41, 5.74) is 6.64. The molecule has 72 valence electrons. The van der Waals surface area contributed by atoms with E-state index in [4.69, 9.17) is 10.5 Å². The lowest BCUT2D eigenvalue weighted by molar-refractivity contribution is 0.264. The normalized spacial score (nSPS) is 19.6. The van der Waals surface area contributed by atoms with Gasteiger partial charge >= 0.3 is 0 Å². The molecule has 2 rings (SSSR count). The van der Waals surface area contributed by atoms with Crippen LogP contribution >= 0.6 is 12.4 Å². The van der Waals surface area contributed by atoms with E-state index >= 15 is 0 Å². The Labute approximate surface area is 83.7 Å². The van der Waals surface area contributed by atoms with Crippen molar-refractivity contribution in [3.8, 4) is 5.75 Å². The van der Waals surface area contributed by atoms with E-state index in [9.17, 15) is 0 Å². The SMILES string of the molecule is Cl.NCC1CCOc2cccnc21. The van der Waals surface area contributed by atoms with Crippen molar-refractivity contribution < 1.29 is 4.74 Å². The third-order valence-electron chi connectivity index (χ3n) is 2.19. The van der Waals surface area contributed by atoms with Crippen LogP contribution in [-0.4, -0.2) is 18.1 Å². The highest BCUT2D eigenvalue weighted by molar-refractivity contribution is 5.85. The Morgan fingerprint density at radius 3 is 3.23 bits per heavy atom. The molecule has 13 heavy (non-hydrogen) atoms. The molecule has 0 radical (unpaired) electrons. The first-order chi connectivity index (χ1) is 5.92. The highest BCUT2D eigenvalue weighted by Crippen LogP contribution is 2.30. The Hall–Kier alpha value is -0.800. The van der Waals surface area contributed by atoms with Gasteiger partial charge in [0.05, 0.1) is 12.3 Å². The Morgan fingerprint density at radius 1 is 1.62 bits per heavy atom. The molecule has 0 saturated carbocycles.